The van der Waals surface area contributed by atoms with Crippen molar-refractivity contribution in [1.29, 1.82) is 0 Å². The molecule has 172 valence electrons. The van der Waals surface area contributed by atoms with E-state index in [2.05, 4.69) is 5.32 Å². The summed E-state index contributed by atoms with van der Waals surface area (Å²) < 4.78 is 65.3. The first kappa shape index (κ1) is 22.8. The van der Waals surface area contributed by atoms with Crippen molar-refractivity contribution in [3.63, 3.8) is 0 Å². The second kappa shape index (κ2) is 8.86. The van der Waals surface area contributed by atoms with E-state index >= 15 is 0 Å². The van der Waals surface area contributed by atoms with Gasteiger partial charge in [0.25, 0.3) is 0 Å². The summed E-state index contributed by atoms with van der Waals surface area (Å²) in [6, 6.07) is 11.5. The predicted molar refractivity (Wildman–Crippen MR) is 113 cm³/mol. The van der Waals surface area contributed by atoms with Gasteiger partial charge < -0.3 is 5.32 Å². The van der Waals surface area contributed by atoms with Crippen LogP contribution in [0, 0.1) is 5.92 Å². The number of alkyl halides is 3. The van der Waals surface area contributed by atoms with Gasteiger partial charge in [0.05, 0.1) is 10.5 Å². The lowest BCUT2D eigenvalue weighted by molar-refractivity contribution is -0.137. The van der Waals surface area contributed by atoms with E-state index in [0.29, 0.717) is 30.6 Å². The zero-order chi connectivity index (χ0) is 22.9. The Kier molecular flexibility index (Phi) is 6.31. The van der Waals surface area contributed by atoms with Crippen LogP contribution < -0.4 is 5.32 Å². The Hall–Kier alpha value is -2.39. The first-order valence-electron chi connectivity index (χ1n) is 10.7. The number of nitrogens with zero attached hydrogens (tertiary/aromatic N) is 1. The highest BCUT2D eigenvalue weighted by molar-refractivity contribution is 7.89. The Morgan fingerprint density at radius 2 is 1.72 bits per heavy atom. The number of halogens is 3. The number of carbonyl (C=O) groups excluding carboxylic acids is 1. The number of benzene rings is 2. The van der Waals surface area contributed by atoms with Gasteiger partial charge >= 0.3 is 6.18 Å². The third-order valence-electron chi connectivity index (χ3n) is 6.11. The molecule has 2 atom stereocenters. The van der Waals surface area contributed by atoms with Crippen molar-refractivity contribution < 1.29 is 26.4 Å². The van der Waals surface area contributed by atoms with Crippen LogP contribution in [0.1, 0.15) is 48.3 Å². The monoisotopic (exact) mass is 466 g/mol. The van der Waals surface area contributed by atoms with Crippen LogP contribution in [0.3, 0.4) is 0 Å². The minimum absolute atomic E-state index is 0.0944. The molecular formula is C23H25F3N2O3S. The number of rotatable bonds is 6. The molecule has 0 aromatic heterocycles. The van der Waals surface area contributed by atoms with Gasteiger partial charge in [0.1, 0.15) is 0 Å². The predicted octanol–water partition coefficient (Wildman–Crippen LogP) is 4.30. The Labute approximate surface area is 185 Å². The highest BCUT2D eigenvalue weighted by Crippen LogP contribution is 2.48. The number of hydrogen-bond donors (Lipinski definition) is 1. The van der Waals surface area contributed by atoms with E-state index in [1.165, 1.54) is 16.4 Å². The third-order valence-corrected chi connectivity index (χ3v) is 8.01. The maximum Gasteiger partial charge on any atom is 0.416 e. The second-order valence-electron chi connectivity index (χ2n) is 8.40. The van der Waals surface area contributed by atoms with Crippen molar-refractivity contribution in [2.45, 2.75) is 49.2 Å². The molecule has 4 rings (SSSR count). The first-order valence-corrected chi connectivity index (χ1v) is 12.1. The molecule has 0 spiro atoms. The van der Waals surface area contributed by atoms with Gasteiger partial charge in [-0.15, -0.1) is 0 Å². The summed E-state index contributed by atoms with van der Waals surface area (Å²) in [6.45, 7) is 1.24. The lowest BCUT2D eigenvalue weighted by atomic mass is 10.1. The molecule has 0 bridgehead atoms. The zero-order valence-electron chi connectivity index (χ0n) is 17.4. The van der Waals surface area contributed by atoms with Crippen molar-refractivity contribution in [2.75, 3.05) is 13.1 Å². The SMILES string of the molecule is O=C(NCc1cccc(S(=O)(=O)N2CCCCC2)c1)C1CC1c1ccc(C(F)(F)F)cc1. The van der Waals surface area contributed by atoms with Crippen LogP contribution in [-0.4, -0.2) is 31.7 Å². The molecule has 1 saturated carbocycles. The Morgan fingerprint density at radius 3 is 2.38 bits per heavy atom. The maximum atomic E-state index is 12.8. The second-order valence-corrected chi connectivity index (χ2v) is 10.3. The van der Waals surface area contributed by atoms with Crippen LogP contribution in [0.2, 0.25) is 0 Å². The number of hydrogen-bond acceptors (Lipinski definition) is 3. The van der Waals surface area contributed by atoms with Gasteiger partial charge in [-0.3, -0.25) is 4.79 Å². The van der Waals surface area contributed by atoms with Crippen LogP contribution in [0.15, 0.2) is 53.4 Å². The Morgan fingerprint density at radius 1 is 1.03 bits per heavy atom. The smallest absolute Gasteiger partial charge is 0.352 e. The van der Waals surface area contributed by atoms with Crippen LogP contribution in [0.5, 0.6) is 0 Å². The molecule has 1 amide bonds. The van der Waals surface area contributed by atoms with E-state index in [1.807, 2.05) is 0 Å². The largest absolute Gasteiger partial charge is 0.416 e. The molecule has 2 aromatic rings. The van der Waals surface area contributed by atoms with E-state index in [4.69, 9.17) is 0 Å². The van der Waals surface area contributed by atoms with Gasteiger partial charge in [-0.25, -0.2) is 8.42 Å². The quantitative estimate of drug-likeness (QED) is 0.690. The number of nitrogens with one attached hydrogen (secondary N) is 1. The average Bonchev–Trinajstić information content (AvgIpc) is 3.59. The minimum atomic E-state index is -4.38. The highest BCUT2D eigenvalue weighted by Gasteiger charge is 2.44. The fourth-order valence-corrected chi connectivity index (χ4v) is 5.75. The topological polar surface area (TPSA) is 66.5 Å². The summed E-state index contributed by atoms with van der Waals surface area (Å²) >= 11 is 0. The van der Waals surface area contributed by atoms with Crippen LogP contribution >= 0.6 is 0 Å². The molecule has 1 saturated heterocycles. The van der Waals surface area contributed by atoms with E-state index in [0.717, 1.165) is 31.4 Å². The fraction of sp³-hybridized carbons (Fsp3) is 0.435. The molecule has 2 unspecified atom stereocenters. The summed E-state index contributed by atoms with van der Waals surface area (Å²) in [6.07, 6.45) is -1.05. The molecule has 5 nitrogen and oxygen atoms in total. The molecule has 1 aliphatic carbocycles. The summed E-state index contributed by atoms with van der Waals surface area (Å²) in [5, 5.41) is 2.83. The fourth-order valence-electron chi connectivity index (χ4n) is 4.16. The lowest BCUT2D eigenvalue weighted by Gasteiger charge is -2.26. The normalized spacial score (nSPS) is 21.8. The molecule has 2 aliphatic rings. The van der Waals surface area contributed by atoms with Crippen LogP contribution in [0.4, 0.5) is 13.2 Å². The number of carbonyl (C=O) groups is 1. The van der Waals surface area contributed by atoms with E-state index in [9.17, 15) is 26.4 Å². The van der Waals surface area contributed by atoms with E-state index < -0.39 is 21.8 Å². The van der Waals surface area contributed by atoms with Gasteiger partial charge in [-0.05, 0) is 60.6 Å². The van der Waals surface area contributed by atoms with Gasteiger partial charge in [-0.2, -0.15) is 17.5 Å². The van der Waals surface area contributed by atoms with Crippen LogP contribution in [-0.2, 0) is 27.5 Å². The van der Waals surface area contributed by atoms with Crippen LogP contribution in [0.25, 0.3) is 0 Å². The van der Waals surface area contributed by atoms with Crippen molar-refractivity contribution in [2.24, 2.45) is 5.92 Å². The lowest BCUT2D eigenvalue weighted by Crippen LogP contribution is -2.35. The maximum absolute atomic E-state index is 12.8. The minimum Gasteiger partial charge on any atom is -0.352 e. The highest BCUT2D eigenvalue weighted by atomic mass is 32.2. The number of amides is 1. The molecule has 2 fully saturated rings. The first-order chi connectivity index (χ1) is 15.2. The third kappa shape index (κ3) is 4.99. The van der Waals surface area contributed by atoms with E-state index in [1.54, 1.807) is 24.3 Å². The Balaban J connectivity index is 1.34. The molecule has 32 heavy (non-hydrogen) atoms. The molecule has 1 heterocycles. The Bertz CT molecular complexity index is 1080. The molecule has 2 aromatic carbocycles. The summed E-state index contributed by atoms with van der Waals surface area (Å²) in [4.78, 5) is 12.7. The van der Waals surface area contributed by atoms with Gasteiger partial charge in [0, 0.05) is 25.6 Å². The van der Waals surface area contributed by atoms with Crippen molar-refractivity contribution in [3.05, 3.63) is 65.2 Å². The van der Waals surface area contributed by atoms with Crippen molar-refractivity contribution >= 4 is 15.9 Å². The number of sulfonamides is 1. The van der Waals surface area contributed by atoms with E-state index in [-0.39, 0.29) is 29.2 Å². The summed E-state index contributed by atoms with van der Waals surface area (Å²) in [7, 11) is -3.55. The van der Waals surface area contributed by atoms with Gasteiger partial charge in [0.15, 0.2) is 0 Å². The molecule has 9 heteroatoms. The average molecular weight is 467 g/mol. The number of piperidine rings is 1. The molecule has 1 aliphatic heterocycles. The van der Waals surface area contributed by atoms with Crippen molar-refractivity contribution in [1.82, 2.24) is 9.62 Å². The standard InChI is InChI=1S/C23H25F3N2O3S/c24-23(25,26)18-9-7-17(8-10-18)20-14-21(20)22(29)27-15-16-5-4-6-19(13-16)32(30,31)28-11-2-1-3-12-28/h4-10,13,20-21H,1-3,11-12,14-15H2,(H,27,29). The van der Waals surface area contributed by atoms with Crippen molar-refractivity contribution in [3.8, 4) is 0 Å². The van der Waals surface area contributed by atoms with Gasteiger partial charge in [-0.1, -0.05) is 30.7 Å². The molecule has 0 radical (unpaired) electrons. The summed E-state index contributed by atoms with van der Waals surface area (Å²) in [5.74, 6) is -0.561. The zero-order valence-corrected chi connectivity index (χ0v) is 18.3. The summed E-state index contributed by atoms with van der Waals surface area (Å²) in [5.41, 5.74) is 0.693. The van der Waals surface area contributed by atoms with Gasteiger partial charge in [0.2, 0.25) is 15.9 Å². The molecule has 1 N–H and O–H groups in total. The molecular weight excluding hydrogens is 441 g/mol.